The average molecular weight is 623 g/mol. The molecule has 2 heterocycles. The summed E-state index contributed by atoms with van der Waals surface area (Å²) in [5, 5.41) is 8.18. The molecule has 0 saturated carbocycles. The molecule has 47 heavy (non-hydrogen) atoms. The predicted octanol–water partition coefficient (Wildman–Crippen LogP) is 8.28. The standard InChI is InChI=1S/C20H17NO2.C19H17N3O2/c1-2-23-20(22)18-14-13-17(15-9-5-3-6-10-15)19(21-18)16-11-7-4-8-12-16;1-3-24-19(23)18-20-16(15-11-9-13(2)10-12-15)17(21-22-18)14-7-5-4-6-8-14/h3-14H,2H2,1H3;4-12H,3H2,1-2H3. The van der Waals surface area contributed by atoms with Crippen LogP contribution < -0.4 is 0 Å². The fraction of sp³-hybridized carbons (Fsp3) is 0.128. The Labute approximate surface area is 274 Å². The van der Waals surface area contributed by atoms with Gasteiger partial charge in [-0.3, -0.25) is 0 Å². The third kappa shape index (κ3) is 8.18. The van der Waals surface area contributed by atoms with E-state index in [9.17, 15) is 9.59 Å². The molecular formula is C39H34N4O4. The lowest BCUT2D eigenvalue weighted by Crippen LogP contribution is -2.12. The molecule has 0 radical (unpaired) electrons. The molecule has 234 valence electrons. The SMILES string of the molecule is CCOC(=O)c1ccc(-c2ccccc2)c(-c2ccccc2)n1.CCOC(=O)c1nnc(-c2ccccc2)c(-c2ccc(C)cc2)n1. The highest BCUT2D eigenvalue weighted by Gasteiger charge is 2.18. The molecule has 0 fully saturated rings. The molecule has 0 aliphatic rings. The Morgan fingerprint density at radius 2 is 1.02 bits per heavy atom. The van der Waals surface area contributed by atoms with Crippen LogP contribution in [0.5, 0.6) is 0 Å². The molecule has 0 atom stereocenters. The third-order valence-electron chi connectivity index (χ3n) is 7.03. The number of aryl methyl sites for hydroxylation is 1. The molecular weight excluding hydrogens is 588 g/mol. The van der Waals surface area contributed by atoms with E-state index >= 15 is 0 Å². The summed E-state index contributed by atoms with van der Waals surface area (Å²) < 4.78 is 10.0. The summed E-state index contributed by atoms with van der Waals surface area (Å²) in [5.74, 6) is -1.01. The molecule has 0 aliphatic heterocycles. The minimum atomic E-state index is -0.571. The molecule has 8 nitrogen and oxygen atoms in total. The second-order valence-electron chi connectivity index (χ2n) is 10.3. The van der Waals surface area contributed by atoms with Crippen molar-refractivity contribution in [2.45, 2.75) is 20.8 Å². The molecule has 8 heteroatoms. The van der Waals surface area contributed by atoms with Gasteiger partial charge in [-0.05, 0) is 38.5 Å². The van der Waals surface area contributed by atoms with Crippen LogP contribution in [0.25, 0.3) is 44.9 Å². The lowest BCUT2D eigenvalue weighted by molar-refractivity contribution is 0.0504. The Hall–Kier alpha value is -6.02. The summed E-state index contributed by atoms with van der Waals surface area (Å²) >= 11 is 0. The van der Waals surface area contributed by atoms with Gasteiger partial charge in [0.15, 0.2) is 0 Å². The van der Waals surface area contributed by atoms with E-state index in [1.807, 2.05) is 128 Å². The summed E-state index contributed by atoms with van der Waals surface area (Å²) in [6.07, 6.45) is 0. The molecule has 2 aromatic heterocycles. The van der Waals surface area contributed by atoms with Crippen LogP contribution in [-0.2, 0) is 9.47 Å². The highest BCUT2D eigenvalue weighted by molar-refractivity contribution is 5.91. The Morgan fingerprint density at radius 3 is 1.60 bits per heavy atom. The molecule has 0 aliphatic carbocycles. The summed E-state index contributed by atoms with van der Waals surface area (Å²) in [5.41, 5.74) is 8.28. The van der Waals surface area contributed by atoms with E-state index in [4.69, 9.17) is 9.47 Å². The van der Waals surface area contributed by atoms with Crippen molar-refractivity contribution in [3.63, 3.8) is 0 Å². The molecule has 0 bridgehead atoms. The molecule has 0 amide bonds. The molecule has 6 aromatic rings. The van der Waals surface area contributed by atoms with Crippen molar-refractivity contribution < 1.29 is 19.1 Å². The van der Waals surface area contributed by atoms with Crippen molar-refractivity contribution in [1.29, 1.82) is 0 Å². The number of benzene rings is 4. The van der Waals surface area contributed by atoms with Gasteiger partial charge in [-0.1, -0.05) is 121 Å². The Kier molecular flexibility index (Phi) is 10.9. The van der Waals surface area contributed by atoms with E-state index < -0.39 is 11.9 Å². The minimum Gasteiger partial charge on any atom is -0.461 e. The van der Waals surface area contributed by atoms with E-state index in [1.54, 1.807) is 19.9 Å². The van der Waals surface area contributed by atoms with Gasteiger partial charge in [0.25, 0.3) is 5.82 Å². The van der Waals surface area contributed by atoms with Gasteiger partial charge >= 0.3 is 11.9 Å². The van der Waals surface area contributed by atoms with Crippen molar-refractivity contribution in [2.75, 3.05) is 13.2 Å². The molecule has 0 N–H and O–H groups in total. The van der Waals surface area contributed by atoms with E-state index in [-0.39, 0.29) is 12.4 Å². The van der Waals surface area contributed by atoms with Crippen LogP contribution in [0.15, 0.2) is 127 Å². The number of hydrogen-bond donors (Lipinski definition) is 0. The van der Waals surface area contributed by atoms with Crippen LogP contribution in [-0.4, -0.2) is 45.3 Å². The zero-order chi connectivity index (χ0) is 33.0. The van der Waals surface area contributed by atoms with Gasteiger partial charge in [-0.2, -0.15) is 0 Å². The highest BCUT2D eigenvalue weighted by atomic mass is 16.5. The minimum absolute atomic E-state index is 0.0351. The molecule has 6 rings (SSSR count). The number of pyridine rings is 1. The van der Waals surface area contributed by atoms with Crippen molar-refractivity contribution >= 4 is 11.9 Å². The van der Waals surface area contributed by atoms with Crippen LogP contribution in [0.4, 0.5) is 0 Å². The van der Waals surface area contributed by atoms with Crippen LogP contribution in [0.2, 0.25) is 0 Å². The maximum atomic E-state index is 12.0. The first-order chi connectivity index (χ1) is 23.0. The Balaban J connectivity index is 0.000000185. The summed E-state index contributed by atoms with van der Waals surface area (Å²) in [4.78, 5) is 32.9. The Bertz CT molecular complexity index is 1930. The number of nitrogens with zero attached hydrogens (tertiary/aromatic N) is 4. The highest BCUT2D eigenvalue weighted by Crippen LogP contribution is 2.31. The quantitative estimate of drug-likeness (QED) is 0.156. The molecule has 4 aromatic carbocycles. The van der Waals surface area contributed by atoms with Gasteiger partial charge in [0, 0.05) is 22.3 Å². The lowest BCUT2D eigenvalue weighted by Gasteiger charge is -2.11. The maximum absolute atomic E-state index is 12.0. The van der Waals surface area contributed by atoms with Gasteiger partial charge in [0.2, 0.25) is 0 Å². The zero-order valence-corrected chi connectivity index (χ0v) is 26.5. The van der Waals surface area contributed by atoms with Crippen LogP contribution in [0.1, 0.15) is 40.5 Å². The summed E-state index contributed by atoms with van der Waals surface area (Å²) in [7, 11) is 0. The Morgan fingerprint density at radius 1 is 0.511 bits per heavy atom. The van der Waals surface area contributed by atoms with Crippen molar-refractivity contribution in [2.24, 2.45) is 0 Å². The summed E-state index contributed by atoms with van der Waals surface area (Å²) in [6.45, 7) is 6.15. The van der Waals surface area contributed by atoms with Crippen molar-refractivity contribution in [3.05, 3.63) is 144 Å². The van der Waals surface area contributed by atoms with Gasteiger partial charge in [0.05, 0.1) is 18.9 Å². The van der Waals surface area contributed by atoms with Gasteiger partial charge < -0.3 is 9.47 Å². The first kappa shape index (κ1) is 32.4. The molecule has 0 saturated heterocycles. The van der Waals surface area contributed by atoms with Gasteiger partial charge in [-0.25, -0.2) is 19.6 Å². The van der Waals surface area contributed by atoms with E-state index in [1.165, 1.54) is 0 Å². The zero-order valence-electron chi connectivity index (χ0n) is 26.5. The monoisotopic (exact) mass is 622 g/mol. The average Bonchev–Trinajstić information content (AvgIpc) is 3.13. The van der Waals surface area contributed by atoms with Crippen LogP contribution >= 0.6 is 0 Å². The first-order valence-electron chi connectivity index (χ1n) is 15.3. The first-order valence-corrected chi connectivity index (χ1v) is 15.3. The number of hydrogen-bond acceptors (Lipinski definition) is 8. The van der Waals surface area contributed by atoms with Crippen molar-refractivity contribution in [3.8, 4) is 44.9 Å². The van der Waals surface area contributed by atoms with E-state index in [2.05, 4.69) is 20.2 Å². The van der Waals surface area contributed by atoms with E-state index in [0.717, 1.165) is 39.1 Å². The fourth-order valence-electron chi connectivity index (χ4n) is 4.76. The number of ether oxygens (including phenoxy) is 2. The number of carbonyl (C=O) groups is 2. The van der Waals surface area contributed by atoms with E-state index in [0.29, 0.717) is 23.7 Å². The maximum Gasteiger partial charge on any atom is 0.378 e. The third-order valence-corrected chi connectivity index (χ3v) is 7.03. The topological polar surface area (TPSA) is 104 Å². The predicted molar refractivity (Wildman–Crippen MR) is 182 cm³/mol. The number of rotatable bonds is 8. The second kappa shape index (κ2) is 15.8. The second-order valence-corrected chi connectivity index (χ2v) is 10.3. The normalized spacial score (nSPS) is 10.4. The van der Waals surface area contributed by atoms with Crippen LogP contribution in [0, 0.1) is 6.92 Å². The van der Waals surface area contributed by atoms with Gasteiger partial charge in [0.1, 0.15) is 17.1 Å². The molecule has 0 spiro atoms. The lowest BCUT2D eigenvalue weighted by atomic mass is 9.99. The number of carbonyl (C=O) groups excluding carboxylic acids is 2. The smallest absolute Gasteiger partial charge is 0.378 e. The largest absolute Gasteiger partial charge is 0.461 e. The van der Waals surface area contributed by atoms with Gasteiger partial charge in [-0.15, -0.1) is 10.2 Å². The van der Waals surface area contributed by atoms with Crippen LogP contribution in [0.3, 0.4) is 0 Å². The number of esters is 2. The number of aromatic nitrogens is 4. The molecule has 0 unspecified atom stereocenters. The summed E-state index contributed by atoms with van der Waals surface area (Å²) in [6, 6.07) is 41.1. The van der Waals surface area contributed by atoms with Crippen molar-refractivity contribution in [1.82, 2.24) is 20.2 Å². The fourth-order valence-corrected chi connectivity index (χ4v) is 4.76.